The largest absolute Gasteiger partial charge is 0.460 e. The normalized spacial score (nSPS) is 16.1. The van der Waals surface area contributed by atoms with E-state index in [-0.39, 0.29) is 31.6 Å². The summed E-state index contributed by atoms with van der Waals surface area (Å²) >= 11 is 3.41. The molecule has 0 saturated heterocycles. The third kappa shape index (κ3) is 6.54. The standard InChI is InChI=1S/C13H22I2N2O5/c1-5-12(14,20)17(13(15,21)6-2)11(19)16-7-8-22-10(18)9(3)4/h20-21H,3,5-8H2,1-2,4H3,(H,16,19). The van der Waals surface area contributed by atoms with Crippen LogP contribution in [0.25, 0.3) is 0 Å². The molecule has 0 rings (SSSR count). The lowest BCUT2D eigenvalue weighted by Gasteiger charge is -2.42. The summed E-state index contributed by atoms with van der Waals surface area (Å²) in [7, 11) is 0. The highest BCUT2D eigenvalue weighted by Gasteiger charge is 2.45. The molecular weight excluding hydrogens is 518 g/mol. The van der Waals surface area contributed by atoms with Crippen molar-refractivity contribution in [3.63, 3.8) is 0 Å². The summed E-state index contributed by atoms with van der Waals surface area (Å²) in [5, 5.41) is 23.2. The summed E-state index contributed by atoms with van der Waals surface area (Å²) in [5.41, 5.74) is 0.271. The van der Waals surface area contributed by atoms with E-state index in [0.717, 1.165) is 4.90 Å². The van der Waals surface area contributed by atoms with E-state index in [1.807, 2.05) is 0 Å². The molecule has 0 aromatic heterocycles. The zero-order valence-electron chi connectivity index (χ0n) is 12.9. The Hall–Kier alpha value is -0.140. The Bertz CT molecular complexity index is 411. The molecule has 0 fully saturated rings. The molecule has 22 heavy (non-hydrogen) atoms. The van der Waals surface area contributed by atoms with E-state index in [1.165, 1.54) is 6.92 Å². The van der Waals surface area contributed by atoms with Crippen molar-refractivity contribution in [1.82, 2.24) is 10.2 Å². The van der Waals surface area contributed by atoms with Crippen LogP contribution in [0.3, 0.4) is 0 Å². The molecule has 2 unspecified atom stereocenters. The molecule has 0 bridgehead atoms. The van der Waals surface area contributed by atoms with Crippen LogP contribution in [0.2, 0.25) is 0 Å². The van der Waals surface area contributed by atoms with Gasteiger partial charge in [0.05, 0.1) is 6.54 Å². The van der Waals surface area contributed by atoms with Gasteiger partial charge in [0.15, 0.2) is 7.46 Å². The molecule has 3 N–H and O–H groups in total. The molecule has 0 aromatic rings. The number of amides is 2. The van der Waals surface area contributed by atoms with Crippen LogP contribution < -0.4 is 5.32 Å². The Morgan fingerprint density at radius 1 is 1.23 bits per heavy atom. The van der Waals surface area contributed by atoms with Crippen molar-refractivity contribution >= 4 is 57.2 Å². The minimum Gasteiger partial charge on any atom is -0.460 e. The summed E-state index contributed by atoms with van der Waals surface area (Å²) in [4.78, 5) is 24.4. The van der Waals surface area contributed by atoms with Crippen LogP contribution in [0, 0.1) is 0 Å². The average Bonchev–Trinajstić information content (AvgIpc) is 2.42. The molecule has 7 nitrogen and oxygen atoms in total. The predicted molar refractivity (Wildman–Crippen MR) is 99.5 cm³/mol. The molecule has 0 heterocycles. The van der Waals surface area contributed by atoms with Gasteiger partial charge in [-0.15, -0.1) is 0 Å². The first-order valence-corrected chi connectivity index (χ1v) is 8.88. The van der Waals surface area contributed by atoms with Gasteiger partial charge < -0.3 is 20.3 Å². The lowest BCUT2D eigenvalue weighted by molar-refractivity contribution is -0.138. The minimum absolute atomic E-state index is 0.0249. The monoisotopic (exact) mass is 540 g/mol. The minimum atomic E-state index is -1.54. The lowest BCUT2D eigenvalue weighted by Crippen LogP contribution is -2.60. The summed E-state index contributed by atoms with van der Waals surface area (Å²) in [6, 6.07) is -0.649. The summed E-state index contributed by atoms with van der Waals surface area (Å²) in [6.07, 6.45) is 0.466. The number of hydrogen-bond donors (Lipinski definition) is 3. The molecule has 0 aliphatic heterocycles. The number of nitrogens with one attached hydrogen (secondary N) is 1. The first-order chi connectivity index (χ1) is 9.99. The molecule has 0 aliphatic rings. The molecule has 0 radical (unpaired) electrons. The number of halogens is 2. The van der Waals surface area contributed by atoms with Gasteiger partial charge in [0.2, 0.25) is 0 Å². The first-order valence-electron chi connectivity index (χ1n) is 6.73. The molecule has 2 atom stereocenters. The maximum atomic E-state index is 12.3. The number of ether oxygens (including phenoxy) is 1. The van der Waals surface area contributed by atoms with Crippen LogP contribution in [0.5, 0.6) is 0 Å². The second-order valence-corrected chi connectivity index (χ2v) is 8.08. The van der Waals surface area contributed by atoms with Gasteiger partial charge in [-0.2, -0.15) is 0 Å². The van der Waals surface area contributed by atoms with E-state index in [4.69, 9.17) is 4.74 Å². The number of aliphatic hydroxyl groups is 2. The lowest BCUT2D eigenvalue weighted by atomic mass is 10.3. The van der Waals surface area contributed by atoms with E-state index in [2.05, 4.69) is 11.9 Å². The number of urea groups is 1. The van der Waals surface area contributed by atoms with E-state index >= 15 is 0 Å². The van der Waals surface area contributed by atoms with Crippen LogP contribution in [-0.4, -0.2) is 47.7 Å². The van der Waals surface area contributed by atoms with Crippen LogP contribution in [-0.2, 0) is 9.53 Å². The second kappa shape index (κ2) is 9.23. The van der Waals surface area contributed by atoms with Gasteiger partial charge in [-0.1, -0.05) is 20.4 Å². The van der Waals surface area contributed by atoms with E-state index in [9.17, 15) is 19.8 Å². The molecule has 0 aliphatic carbocycles. The number of esters is 1. The molecule has 0 spiro atoms. The number of carbonyl (C=O) groups excluding carboxylic acids is 2. The molecule has 128 valence electrons. The van der Waals surface area contributed by atoms with Gasteiger partial charge in [-0.25, -0.2) is 14.5 Å². The topological polar surface area (TPSA) is 99.1 Å². The molecule has 9 heteroatoms. The van der Waals surface area contributed by atoms with Crippen molar-refractivity contribution < 1.29 is 24.5 Å². The van der Waals surface area contributed by atoms with Crippen molar-refractivity contribution in [2.24, 2.45) is 0 Å². The van der Waals surface area contributed by atoms with E-state index in [1.54, 1.807) is 59.0 Å². The van der Waals surface area contributed by atoms with Crippen LogP contribution >= 0.6 is 45.2 Å². The Morgan fingerprint density at radius 3 is 2.05 bits per heavy atom. The van der Waals surface area contributed by atoms with Gasteiger partial charge in [-0.05, 0) is 52.1 Å². The van der Waals surface area contributed by atoms with Gasteiger partial charge in [0.1, 0.15) is 6.61 Å². The number of alkyl halides is 2. The Balaban J connectivity index is 4.74. The highest BCUT2D eigenvalue weighted by Crippen LogP contribution is 2.36. The highest BCUT2D eigenvalue weighted by atomic mass is 127. The second-order valence-electron chi connectivity index (χ2n) is 4.63. The Kier molecular flexibility index (Phi) is 9.17. The maximum absolute atomic E-state index is 12.3. The SMILES string of the molecule is C=C(C)C(=O)OCCNC(=O)N(C(O)(I)CC)C(O)(I)CC. The number of carbonyl (C=O) groups is 2. The van der Waals surface area contributed by atoms with Crippen molar-refractivity contribution in [3.05, 3.63) is 12.2 Å². The predicted octanol–water partition coefficient (Wildman–Crippen LogP) is 2.10. The molecule has 0 saturated carbocycles. The van der Waals surface area contributed by atoms with E-state index in [0.29, 0.717) is 0 Å². The van der Waals surface area contributed by atoms with Crippen molar-refractivity contribution in [1.29, 1.82) is 0 Å². The number of rotatable bonds is 8. The smallest absolute Gasteiger partial charge is 0.333 e. The number of nitrogens with zero attached hydrogens (tertiary/aromatic N) is 1. The van der Waals surface area contributed by atoms with Crippen LogP contribution in [0.15, 0.2) is 12.2 Å². The first kappa shape index (κ1) is 21.9. The van der Waals surface area contributed by atoms with Gasteiger partial charge in [0, 0.05) is 18.4 Å². The van der Waals surface area contributed by atoms with Crippen molar-refractivity contribution in [2.45, 2.75) is 41.1 Å². The zero-order valence-corrected chi connectivity index (χ0v) is 17.2. The zero-order chi connectivity index (χ0) is 17.6. The molecule has 2 amide bonds. The van der Waals surface area contributed by atoms with Gasteiger partial charge >= 0.3 is 12.0 Å². The third-order valence-corrected chi connectivity index (χ3v) is 5.24. The fourth-order valence-electron chi connectivity index (χ4n) is 1.39. The van der Waals surface area contributed by atoms with E-state index < -0.39 is 19.5 Å². The quantitative estimate of drug-likeness (QED) is 0.0834. The fourth-order valence-corrected chi connectivity index (χ4v) is 3.09. The van der Waals surface area contributed by atoms with Gasteiger partial charge in [0.25, 0.3) is 0 Å². The third-order valence-electron chi connectivity index (χ3n) is 2.75. The summed E-state index contributed by atoms with van der Waals surface area (Å²) in [6.45, 7) is 8.40. The highest BCUT2D eigenvalue weighted by molar-refractivity contribution is 14.1. The Labute approximate surface area is 157 Å². The maximum Gasteiger partial charge on any atom is 0.333 e. The molecular formula is C13H22I2N2O5. The summed E-state index contributed by atoms with van der Waals surface area (Å²) < 4.78 is 1.78. The fraction of sp³-hybridized carbons (Fsp3) is 0.692. The summed E-state index contributed by atoms with van der Waals surface area (Å²) in [5.74, 6) is -0.538. The Morgan fingerprint density at radius 2 is 1.68 bits per heavy atom. The van der Waals surface area contributed by atoms with Gasteiger partial charge in [-0.3, -0.25) is 0 Å². The molecule has 0 aromatic carbocycles. The number of hydrogen-bond acceptors (Lipinski definition) is 5. The van der Waals surface area contributed by atoms with Crippen LogP contribution in [0.1, 0.15) is 33.6 Å². The van der Waals surface area contributed by atoms with Crippen molar-refractivity contribution in [3.8, 4) is 0 Å². The average molecular weight is 540 g/mol. The van der Waals surface area contributed by atoms with Crippen LogP contribution in [0.4, 0.5) is 4.79 Å². The van der Waals surface area contributed by atoms with Crippen molar-refractivity contribution in [2.75, 3.05) is 13.2 Å².